The van der Waals surface area contributed by atoms with Crippen LogP contribution < -0.4 is 0 Å². The first kappa shape index (κ1) is 15.1. The highest BCUT2D eigenvalue weighted by Crippen LogP contribution is 2.38. The third-order valence-electron chi connectivity index (χ3n) is 3.30. The number of fused-ring (bicyclic) bond motifs is 1. The zero-order valence-corrected chi connectivity index (χ0v) is 12.5. The molecule has 0 fully saturated rings. The highest BCUT2D eigenvalue weighted by molar-refractivity contribution is 6.45. The number of hydrogen-bond acceptors (Lipinski definition) is 1. The molecule has 2 aromatic carbocycles. The Labute approximate surface area is 134 Å². The zero-order valence-electron chi connectivity index (χ0n) is 11.0. The molecule has 0 amide bonds. The minimum Gasteiger partial charge on any atom is -0.256 e. The van der Waals surface area contributed by atoms with Crippen molar-refractivity contribution >= 4 is 34.1 Å². The quantitative estimate of drug-likeness (QED) is 0.511. The van der Waals surface area contributed by atoms with Crippen LogP contribution in [0.1, 0.15) is 5.56 Å². The number of pyridine rings is 1. The molecular formula is C16H8Cl2F3N. The highest BCUT2D eigenvalue weighted by atomic mass is 35.5. The molecule has 0 atom stereocenters. The molecule has 22 heavy (non-hydrogen) atoms. The van der Waals surface area contributed by atoms with Gasteiger partial charge in [0.05, 0.1) is 21.1 Å². The number of benzene rings is 2. The predicted octanol–water partition coefficient (Wildman–Crippen LogP) is 6.23. The molecule has 3 aromatic rings. The van der Waals surface area contributed by atoms with Gasteiger partial charge in [-0.3, -0.25) is 4.98 Å². The molecule has 0 radical (unpaired) electrons. The van der Waals surface area contributed by atoms with Crippen LogP contribution in [0.25, 0.3) is 22.0 Å². The Morgan fingerprint density at radius 2 is 1.64 bits per heavy atom. The minimum atomic E-state index is -4.36. The molecule has 0 saturated heterocycles. The van der Waals surface area contributed by atoms with Gasteiger partial charge in [0, 0.05) is 17.1 Å². The molecule has 1 heterocycles. The van der Waals surface area contributed by atoms with Crippen LogP contribution in [0.3, 0.4) is 0 Å². The van der Waals surface area contributed by atoms with Crippen molar-refractivity contribution < 1.29 is 13.2 Å². The lowest BCUT2D eigenvalue weighted by Gasteiger charge is -2.11. The van der Waals surface area contributed by atoms with E-state index >= 15 is 0 Å². The summed E-state index contributed by atoms with van der Waals surface area (Å²) in [6.07, 6.45) is -2.77. The molecule has 112 valence electrons. The number of hydrogen-bond donors (Lipinski definition) is 0. The van der Waals surface area contributed by atoms with E-state index in [4.69, 9.17) is 23.2 Å². The van der Waals surface area contributed by atoms with E-state index in [1.165, 1.54) is 12.1 Å². The van der Waals surface area contributed by atoms with Crippen LogP contribution >= 0.6 is 23.2 Å². The van der Waals surface area contributed by atoms with Gasteiger partial charge in [0.25, 0.3) is 0 Å². The number of rotatable bonds is 1. The number of alkyl halides is 3. The standard InChI is InChI=1S/C16H8Cl2F3N/c17-13-8-12(15-11(14(13)18)2-1-7-22-15)9-3-5-10(6-4-9)16(19,20)21/h1-8H. The molecule has 0 aliphatic carbocycles. The summed E-state index contributed by atoms with van der Waals surface area (Å²) in [6, 6.07) is 9.97. The van der Waals surface area contributed by atoms with E-state index in [1.54, 1.807) is 24.4 Å². The Hall–Kier alpha value is -1.78. The lowest BCUT2D eigenvalue weighted by Crippen LogP contribution is -2.04. The molecule has 0 bridgehead atoms. The summed E-state index contributed by atoms with van der Waals surface area (Å²) in [4.78, 5) is 4.27. The highest BCUT2D eigenvalue weighted by Gasteiger charge is 2.30. The normalized spacial score (nSPS) is 11.9. The van der Waals surface area contributed by atoms with Gasteiger partial charge in [-0.05, 0) is 35.9 Å². The fraction of sp³-hybridized carbons (Fsp3) is 0.0625. The van der Waals surface area contributed by atoms with E-state index in [9.17, 15) is 13.2 Å². The van der Waals surface area contributed by atoms with Gasteiger partial charge in [0.2, 0.25) is 0 Å². The predicted molar refractivity (Wildman–Crippen MR) is 82.2 cm³/mol. The Morgan fingerprint density at radius 1 is 0.955 bits per heavy atom. The second-order valence-corrected chi connectivity index (χ2v) is 5.48. The average molecular weight is 342 g/mol. The summed E-state index contributed by atoms with van der Waals surface area (Å²) in [5, 5.41) is 1.36. The summed E-state index contributed by atoms with van der Waals surface area (Å²) >= 11 is 12.3. The molecular weight excluding hydrogens is 334 g/mol. The van der Waals surface area contributed by atoms with Crippen LogP contribution in [0.5, 0.6) is 0 Å². The summed E-state index contributed by atoms with van der Waals surface area (Å²) in [5.74, 6) is 0. The summed E-state index contributed by atoms with van der Waals surface area (Å²) in [5.41, 5.74) is 1.12. The van der Waals surface area contributed by atoms with Crippen molar-refractivity contribution in [2.75, 3.05) is 0 Å². The lowest BCUT2D eigenvalue weighted by atomic mass is 10.0. The molecule has 0 aliphatic heterocycles. The van der Waals surface area contributed by atoms with Crippen molar-refractivity contribution in [2.45, 2.75) is 6.18 Å². The largest absolute Gasteiger partial charge is 0.416 e. The summed E-state index contributed by atoms with van der Waals surface area (Å²) in [7, 11) is 0. The van der Waals surface area contributed by atoms with Gasteiger partial charge in [-0.15, -0.1) is 0 Å². The number of halogens is 5. The topological polar surface area (TPSA) is 12.9 Å². The van der Waals surface area contributed by atoms with Gasteiger partial charge in [-0.25, -0.2) is 0 Å². The van der Waals surface area contributed by atoms with E-state index in [1.807, 2.05) is 0 Å². The SMILES string of the molecule is FC(F)(F)c1ccc(-c2cc(Cl)c(Cl)c3cccnc23)cc1. The van der Waals surface area contributed by atoms with E-state index in [-0.39, 0.29) is 0 Å². The van der Waals surface area contributed by atoms with Gasteiger partial charge in [0.15, 0.2) is 0 Å². The molecule has 1 nitrogen and oxygen atoms in total. The Kier molecular flexibility index (Phi) is 3.75. The molecule has 0 aliphatic rings. The van der Waals surface area contributed by atoms with E-state index in [2.05, 4.69) is 4.98 Å². The number of aromatic nitrogens is 1. The first-order chi connectivity index (χ1) is 10.4. The van der Waals surface area contributed by atoms with Crippen LogP contribution in [0.15, 0.2) is 48.7 Å². The molecule has 0 spiro atoms. The van der Waals surface area contributed by atoms with Crippen molar-refractivity contribution in [3.8, 4) is 11.1 Å². The molecule has 6 heteroatoms. The maximum atomic E-state index is 12.6. The molecule has 0 saturated carbocycles. The second-order valence-electron chi connectivity index (χ2n) is 4.69. The van der Waals surface area contributed by atoms with Gasteiger partial charge >= 0.3 is 6.18 Å². The van der Waals surface area contributed by atoms with Crippen molar-refractivity contribution in [1.82, 2.24) is 4.98 Å². The third kappa shape index (κ3) is 2.64. The van der Waals surface area contributed by atoms with Crippen molar-refractivity contribution in [2.24, 2.45) is 0 Å². The summed E-state index contributed by atoms with van der Waals surface area (Å²) in [6.45, 7) is 0. The molecule has 1 aromatic heterocycles. The van der Waals surface area contributed by atoms with Gasteiger partial charge in [-0.1, -0.05) is 35.3 Å². The van der Waals surface area contributed by atoms with Gasteiger partial charge in [0.1, 0.15) is 0 Å². The van der Waals surface area contributed by atoms with Crippen LogP contribution in [-0.2, 0) is 6.18 Å². The van der Waals surface area contributed by atoms with Crippen LogP contribution in [0.2, 0.25) is 10.0 Å². The van der Waals surface area contributed by atoms with Gasteiger partial charge in [-0.2, -0.15) is 13.2 Å². The van der Waals surface area contributed by atoms with Crippen LogP contribution in [0, 0.1) is 0 Å². The number of nitrogens with zero attached hydrogens (tertiary/aromatic N) is 1. The molecule has 0 unspecified atom stereocenters. The van der Waals surface area contributed by atoms with Crippen molar-refractivity contribution in [1.29, 1.82) is 0 Å². The van der Waals surface area contributed by atoms with E-state index in [0.29, 0.717) is 32.1 Å². The van der Waals surface area contributed by atoms with Crippen LogP contribution in [0.4, 0.5) is 13.2 Å². The van der Waals surface area contributed by atoms with E-state index in [0.717, 1.165) is 12.1 Å². The minimum absolute atomic E-state index is 0.331. The lowest BCUT2D eigenvalue weighted by molar-refractivity contribution is -0.137. The Bertz CT molecular complexity index is 842. The fourth-order valence-corrected chi connectivity index (χ4v) is 2.66. The summed E-state index contributed by atoms with van der Waals surface area (Å²) < 4.78 is 37.9. The average Bonchev–Trinajstić information content (AvgIpc) is 2.50. The third-order valence-corrected chi connectivity index (χ3v) is 4.11. The second kappa shape index (κ2) is 5.45. The molecule has 0 N–H and O–H groups in total. The maximum absolute atomic E-state index is 12.6. The first-order valence-corrected chi connectivity index (χ1v) is 7.04. The van der Waals surface area contributed by atoms with E-state index < -0.39 is 11.7 Å². The van der Waals surface area contributed by atoms with Crippen LogP contribution in [-0.4, -0.2) is 4.98 Å². The smallest absolute Gasteiger partial charge is 0.256 e. The Morgan fingerprint density at radius 3 is 2.27 bits per heavy atom. The fourth-order valence-electron chi connectivity index (χ4n) is 2.24. The van der Waals surface area contributed by atoms with Crippen molar-refractivity contribution in [3.05, 3.63) is 64.3 Å². The first-order valence-electron chi connectivity index (χ1n) is 6.28. The Balaban J connectivity index is 2.20. The molecule has 3 rings (SSSR count). The monoisotopic (exact) mass is 341 g/mol. The van der Waals surface area contributed by atoms with Gasteiger partial charge < -0.3 is 0 Å². The zero-order chi connectivity index (χ0) is 15.9. The van der Waals surface area contributed by atoms with Crippen molar-refractivity contribution in [3.63, 3.8) is 0 Å². The maximum Gasteiger partial charge on any atom is 0.416 e.